The minimum atomic E-state index is 0. The summed E-state index contributed by atoms with van der Waals surface area (Å²) in [4.78, 5) is 0. The highest BCUT2D eigenvalue weighted by Crippen LogP contribution is 1.95. The Bertz CT molecular complexity index is 46.5. The summed E-state index contributed by atoms with van der Waals surface area (Å²) >= 11 is 0. The second-order valence-corrected chi connectivity index (χ2v) is 1.99. The molecule has 0 saturated carbocycles. The van der Waals surface area contributed by atoms with Crippen molar-refractivity contribution in [2.45, 2.75) is 25.7 Å². The lowest BCUT2D eigenvalue weighted by Crippen LogP contribution is -2.00. The topological polar surface area (TPSA) is 115 Å². The molecule has 4 nitrogen and oxygen atoms in total. The van der Waals surface area contributed by atoms with Crippen LogP contribution in [0.15, 0.2) is 0 Å². The molecule has 0 amide bonds. The fourth-order valence-corrected chi connectivity index (χ4v) is 0.642. The van der Waals surface area contributed by atoms with Crippen LogP contribution >= 0.6 is 24.8 Å². The van der Waals surface area contributed by atoms with Crippen LogP contribution in [-0.4, -0.2) is 24.0 Å². The zero-order valence-electron chi connectivity index (χ0n) is 7.21. The number of halogens is 2. The highest BCUT2D eigenvalue weighted by atomic mass is 35.5. The van der Waals surface area contributed by atoms with Crippen LogP contribution < -0.4 is 11.5 Å². The van der Waals surface area contributed by atoms with Gasteiger partial charge in [-0.25, -0.2) is 0 Å². The summed E-state index contributed by atoms with van der Waals surface area (Å²) in [6, 6.07) is 0. The van der Waals surface area contributed by atoms with Crippen LogP contribution in [0, 0.1) is 0 Å². The van der Waals surface area contributed by atoms with Gasteiger partial charge >= 0.3 is 0 Å². The molecular formula is C6H22Cl2N2O2. The van der Waals surface area contributed by atoms with Gasteiger partial charge in [-0.05, 0) is 25.9 Å². The average Bonchev–Trinajstić information content (AvgIpc) is 1.81. The highest BCUT2D eigenvalue weighted by Gasteiger charge is 1.83. The van der Waals surface area contributed by atoms with Gasteiger partial charge in [0.05, 0.1) is 0 Å². The molecule has 0 aromatic heterocycles. The monoisotopic (exact) mass is 224 g/mol. The smallest absolute Gasteiger partial charge is 0.00773 e. The van der Waals surface area contributed by atoms with Crippen molar-refractivity contribution in [3.05, 3.63) is 0 Å². The SMILES string of the molecule is Cl.Cl.NCCCCCCN.O.O. The van der Waals surface area contributed by atoms with E-state index in [-0.39, 0.29) is 35.8 Å². The molecule has 8 N–H and O–H groups in total. The van der Waals surface area contributed by atoms with Gasteiger partial charge in [-0.2, -0.15) is 0 Å². The maximum absolute atomic E-state index is 5.28. The quantitative estimate of drug-likeness (QED) is 0.623. The summed E-state index contributed by atoms with van der Waals surface area (Å²) in [5.74, 6) is 0. The highest BCUT2D eigenvalue weighted by molar-refractivity contribution is 5.85. The molecule has 0 rings (SSSR count). The molecule has 0 aliphatic carbocycles. The second-order valence-electron chi connectivity index (χ2n) is 1.99. The Labute approximate surface area is 86.5 Å². The van der Waals surface area contributed by atoms with Crippen molar-refractivity contribution in [3.8, 4) is 0 Å². The van der Waals surface area contributed by atoms with Crippen LogP contribution in [-0.2, 0) is 0 Å². The molecule has 0 unspecified atom stereocenters. The Kier molecular flexibility index (Phi) is 73.8. The fourth-order valence-electron chi connectivity index (χ4n) is 0.642. The third-order valence-electron chi connectivity index (χ3n) is 1.16. The minimum Gasteiger partial charge on any atom is -0.412 e. The number of hydrogen-bond donors (Lipinski definition) is 2. The second kappa shape index (κ2) is 30.1. The lowest BCUT2D eigenvalue weighted by atomic mass is 10.2. The predicted molar refractivity (Wildman–Crippen MR) is 58.3 cm³/mol. The first-order valence-electron chi connectivity index (χ1n) is 3.32. The van der Waals surface area contributed by atoms with E-state index in [1.54, 1.807) is 0 Å². The molecule has 0 aliphatic rings. The van der Waals surface area contributed by atoms with E-state index in [0.29, 0.717) is 0 Å². The maximum Gasteiger partial charge on any atom is -0.00773 e. The van der Waals surface area contributed by atoms with Gasteiger partial charge in [0.1, 0.15) is 0 Å². The lowest BCUT2D eigenvalue weighted by Gasteiger charge is -1.94. The van der Waals surface area contributed by atoms with Gasteiger partial charge in [-0.1, -0.05) is 12.8 Å². The van der Waals surface area contributed by atoms with E-state index in [0.717, 1.165) is 25.9 Å². The number of rotatable bonds is 5. The summed E-state index contributed by atoms with van der Waals surface area (Å²) in [6.45, 7) is 1.65. The van der Waals surface area contributed by atoms with Crippen molar-refractivity contribution >= 4 is 24.8 Å². The van der Waals surface area contributed by atoms with Crippen molar-refractivity contribution < 1.29 is 11.0 Å². The molecule has 0 saturated heterocycles. The van der Waals surface area contributed by atoms with Gasteiger partial charge < -0.3 is 22.4 Å². The minimum absolute atomic E-state index is 0. The molecule has 6 heteroatoms. The Balaban J connectivity index is -0.0000000408. The van der Waals surface area contributed by atoms with E-state index in [9.17, 15) is 0 Å². The number of nitrogens with two attached hydrogens (primary N) is 2. The van der Waals surface area contributed by atoms with Crippen molar-refractivity contribution in [1.29, 1.82) is 0 Å². The molecule has 12 heavy (non-hydrogen) atoms. The van der Waals surface area contributed by atoms with E-state index in [1.165, 1.54) is 12.8 Å². The first-order chi connectivity index (χ1) is 3.91. The van der Waals surface area contributed by atoms with Gasteiger partial charge in [0.2, 0.25) is 0 Å². The van der Waals surface area contributed by atoms with E-state index in [1.807, 2.05) is 0 Å². The Morgan fingerprint density at radius 2 is 0.833 bits per heavy atom. The molecule has 0 aliphatic heterocycles. The summed E-state index contributed by atoms with van der Waals surface area (Å²) < 4.78 is 0. The van der Waals surface area contributed by atoms with Crippen LogP contribution in [0.2, 0.25) is 0 Å². The molecule has 0 radical (unpaired) electrons. The normalized spacial score (nSPS) is 6.50. The Hall–Kier alpha value is 0.420. The Morgan fingerprint density at radius 3 is 1.00 bits per heavy atom. The first-order valence-corrected chi connectivity index (χ1v) is 3.32. The van der Waals surface area contributed by atoms with Crippen molar-refractivity contribution in [1.82, 2.24) is 0 Å². The summed E-state index contributed by atoms with van der Waals surface area (Å²) in [5.41, 5.74) is 10.6. The van der Waals surface area contributed by atoms with Gasteiger partial charge in [0.25, 0.3) is 0 Å². The average molecular weight is 225 g/mol. The third-order valence-corrected chi connectivity index (χ3v) is 1.16. The van der Waals surface area contributed by atoms with Crippen molar-refractivity contribution in [3.63, 3.8) is 0 Å². The third kappa shape index (κ3) is 31.5. The molecular weight excluding hydrogens is 203 g/mol. The molecule has 0 aromatic carbocycles. The summed E-state index contributed by atoms with van der Waals surface area (Å²) in [6.07, 6.45) is 4.79. The van der Waals surface area contributed by atoms with Crippen LogP contribution in [0.4, 0.5) is 0 Å². The van der Waals surface area contributed by atoms with Crippen molar-refractivity contribution in [2.24, 2.45) is 11.5 Å². The van der Waals surface area contributed by atoms with Crippen LogP contribution in [0.5, 0.6) is 0 Å². The molecule has 0 fully saturated rings. The molecule has 82 valence electrons. The van der Waals surface area contributed by atoms with Gasteiger partial charge in [-0.15, -0.1) is 24.8 Å². The fraction of sp³-hybridized carbons (Fsp3) is 1.00. The first kappa shape index (κ1) is 29.4. The zero-order valence-corrected chi connectivity index (χ0v) is 8.85. The molecule has 0 spiro atoms. The Morgan fingerprint density at radius 1 is 0.583 bits per heavy atom. The van der Waals surface area contributed by atoms with E-state index >= 15 is 0 Å². The van der Waals surface area contributed by atoms with Crippen LogP contribution in [0.25, 0.3) is 0 Å². The standard InChI is InChI=1S/C6H16N2.2ClH.2H2O/c7-5-3-1-2-4-6-8;;;;/h1-8H2;2*1H;2*1H2. The molecule has 0 bridgehead atoms. The summed E-state index contributed by atoms with van der Waals surface area (Å²) in [5, 5.41) is 0. The molecule has 0 heterocycles. The zero-order chi connectivity index (χ0) is 6.24. The van der Waals surface area contributed by atoms with Crippen LogP contribution in [0.1, 0.15) is 25.7 Å². The lowest BCUT2D eigenvalue weighted by molar-refractivity contribution is 0.653. The molecule has 0 atom stereocenters. The van der Waals surface area contributed by atoms with E-state index in [4.69, 9.17) is 11.5 Å². The van der Waals surface area contributed by atoms with Gasteiger partial charge in [0, 0.05) is 0 Å². The largest absolute Gasteiger partial charge is 0.412 e. The van der Waals surface area contributed by atoms with E-state index < -0.39 is 0 Å². The van der Waals surface area contributed by atoms with Crippen LogP contribution in [0.3, 0.4) is 0 Å². The number of unbranched alkanes of at least 4 members (excludes halogenated alkanes) is 3. The van der Waals surface area contributed by atoms with Gasteiger partial charge in [0.15, 0.2) is 0 Å². The van der Waals surface area contributed by atoms with Crippen molar-refractivity contribution in [2.75, 3.05) is 13.1 Å². The maximum atomic E-state index is 5.28. The molecule has 0 aromatic rings. The van der Waals surface area contributed by atoms with Gasteiger partial charge in [-0.3, -0.25) is 0 Å². The number of hydrogen-bond acceptors (Lipinski definition) is 2. The summed E-state index contributed by atoms with van der Waals surface area (Å²) in [7, 11) is 0. The van der Waals surface area contributed by atoms with E-state index in [2.05, 4.69) is 0 Å². The predicted octanol–water partition coefficient (Wildman–Crippen LogP) is -0.342.